The molecule has 3 aromatic heterocycles. The quantitative estimate of drug-likeness (QED) is 0.104. The van der Waals surface area contributed by atoms with E-state index in [4.69, 9.17) is 19.4 Å². The van der Waals surface area contributed by atoms with Crippen LogP contribution in [0.4, 0.5) is 0 Å². The average molecular weight is 737 g/mol. The first kappa shape index (κ1) is 30.3. The van der Waals surface area contributed by atoms with Crippen molar-refractivity contribution in [3.05, 3.63) is 120 Å². The maximum atomic E-state index is 5.90. The maximum absolute atomic E-state index is 5.90. The zero-order chi connectivity index (χ0) is 31.3. The van der Waals surface area contributed by atoms with Gasteiger partial charge in [0.1, 0.15) is 11.5 Å². The molecule has 5 aromatic rings. The van der Waals surface area contributed by atoms with Gasteiger partial charge in [0.2, 0.25) is 0 Å². The fraction of sp³-hybridized carbons (Fsp3) is 0.158. The molecule has 8 heteroatoms. The van der Waals surface area contributed by atoms with Gasteiger partial charge in [0, 0.05) is 44.1 Å². The Morgan fingerprint density at radius 3 is 1.09 bits per heavy atom. The van der Waals surface area contributed by atoms with Crippen LogP contribution in [0.1, 0.15) is 35.6 Å². The molecule has 0 unspecified atom stereocenters. The van der Waals surface area contributed by atoms with Crippen molar-refractivity contribution in [2.45, 2.75) is 12.8 Å². The van der Waals surface area contributed by atoms with Crippen molar-refractivity contribution in [1.82, 2.24) is 19.1 Å². The van der Waals surface area contributed by atoms with Gasteiger partial charge < -0.3 is 18.6 Å². The molecule has 0 amide bonds. The first-order chi connectivity index (χ1) is 22.7. The summed E-state index contributed by atoms with van der Waals surface area (Å²) in [6.45, 7) is 1.36. The molecule has 2 aromatic carbocycles. The van der Waals surface area contributed by atoms with Gasteiger partial charge in [0.25, 0.3) is 0 Å². The highest BCUT2D eigenvalue weighted by Crippen LogP contribution is 2.27. The van der Waals surface area contributed by atoms with Crippen LogP contribution < -0.4 is 9.47 Å². The van der Waals surface area contributed by atoms with Crippen molar-refractivity contribution in [1.29, 1.82) is 0 Å². The molecule has 230 valence electrons. The zero-order valence-corrected chi connectivity index (χ0v) is 28.3. The Labute approximate surface area is 284 Å². The van der Waals surface area contributed by atoms with Crippen molar-refractivity contribution in [3.8, 4) is 22.9 Å². The molecule has 6 nitrogen and oxygen atoms in total. The molecular formula is C38H32Br2N4O2. The van der Waals surface area contributed by atoms with Crippen molar-refractivity contribution in [3.63, 3.8) is 0 Å². The van der Waals surface area contributed by atoms with Gasteiger partial charge in [-0.3, -0.25) is 0 Å². The van der Waals surface area contributed by atoms with Crippen LogP contribution >= 0.6 is 31.9 Å². The number of hydrogen-bond acceptors (Lipinski definition) is 4. The SMILES string of the molecule is BrCCCOc1ccc(-n2c3ccc2cc2nc(cc4ccc(cc5nc(c3)C=C5)n4-c3ccc(OCCCBr)cc3)C=C2)cc1. The summed E-state index contributed by atoms with van der Waals surface area (Å²) < 4.78 is 16.3. The highest BCUT2D eigenvalue weighted by Gasteiger charge is 2.10. The van der Waals surface area contributed by atoms with Gasteiger partial charge in [-0.05, 0) is 134 Å². The van der Waals surface area contributed by atoms with Crippen LogP contribution in [0.15, 0.2) is 97.1 Å². The van der Waals surface area contributed by atoms with E-state index in [1.54, 1.807) is 0 Å². The minimum Gasteiger partial charge on any atom is -0.494 e. The number of alkyl halides is 2. The van der Waals surface area contributed by atoms with Crippen LogP contribution in [0, 0.1) is 0 Å². The van der Waals surface area contributed by atoms with Crippen LogP contribution in [0.5, 0.6) is 11.5 Å². The molecule has 2 aliphatic heterocycles. The molecule has 0 aliphatic carbocycles. The number of fused-ring (bicyclic) bond motifs is 8. The molecule has 2 aliphatic rings. The molecule has 7 rings (SSSR count). The summed E-state index contributed by atoms with van der Waals surface area (Å²) in [5.41, 5.74) is 9.75. The monoisotopic (exact) mass is 734 g/mol. The number of halogens is 2. The van der Waals surface area contributed by atoms with Gasteiger partial charge in [0.05, 0.1) is 36.0 Å². The number of nitrogens with zero attached hydrogens (tertiary/aromatic N) is 4. The summed E-state index contributed by atoms with van der Waals surface area (Å²) in [6.07, 6.45) is 10.2. The molecule has 0 atom stereocenters. The molecule has 0 fully saturated rings. The Balaban J connectivity index is 1.36. The van der Waals surface area contributed by atoms with Gasteiger partial charge in [-0.25, -0.2) is 9.97 Å². The second-order valence-corrected chi connectivity index (χ2v) is 12.6. The van der Waals surface area contributed by atoms with E-state index in [1.165, 1.54) is 0 Å². The van der Waals surface area contributed by atoms with E-state index in [-0.39, 0.29) is 0 Å². The number of rotatable bonds is 10. The lowest BCUT2D eigenvalue weighted by Gasteiger charge is -2.10. The predicted molar refractivity (Wildman–Crippen MR) is 197 cm³/mol. The van der Waals surface area contributed by atoms with E-state index >= 15 is 0 Å². The number of hydrogen-bond donors (Lipinski definition) is 0. The lowest BCUT2D eigenvalue weighted by Crippen LogP contribution is -1.98. The molecule has 0 radical (unpaired) electrons. The third-order valence-corrected chi connectivity index (χ3v) is 8.84. The van der Waals surface area contributed by atoms with Crippen LogP contribution in [0.2, 0.25) is 0 Å². The Bertz CT molecular complexity index is 1840. The molecule has 5 heterocycles. The Kier molecular flexibility index (Phi) is 9.17. The Morgan fingerprint density at radius 2 is 0.783 bits per heavy atom. The smallest absolute Gasteiger partial charge is 0.119 e. The minimum atomic E-state index is 0.681. The number of aromatic nitrogens is 4. The summed E-state index contributed by atoms with van der Waals surface area (Å²) in [5, 5.41) is 1.85. The van der Waals surface area contributed by atoms with Gasteiger partial charge >= 0.3 is 0 Å². The molecular weight excluding hydrogens is 704 g/mol. The standard InChI is InChI=1S/C38H32Br2N4O2/c39-19-1-21-45-37-15-11-31(12-16-37)43-33-7-8-34(43)24-28-4-6-30(42-28)26-36-10-9-35(25-29-5-3-27(23-33)41-29)44(36)32-13-17-38(18-14-32)46-22-2-20-40/h3-18,23-26H,1-2,19-22H2. The van der Waals surface area contributed by atoms with Crippen LogP contribution in [0.3, 0.4) is 0 Å². The molecule has 8 bridgehead atoms. The Hall–Kier alpha value is -4.40. The first-order valence-corrected chi connectivity index (χ1v) is 17.6. The van der Waals surface area contributed by atoms with E-state index in [9.17, 15) is 0 Å². The molecule has 0 saturated carbocycles. The minimum absolute atomic E-state index is 0.681. The first-order valence-electron chi connectivity index (χ1n) is 15.4. The van der Waals surface area contributed by atoms with Gasteiger partial charge in [-0.15, -0.1) is 0 Å². The van der Waals surface area contributed by atoms with Crippen LogP contribution in [-0.4, -0.2) is 43.0 Å². The molecule has 0 saturated heterocycles. The topological polar surface area (TPSA) is 54.1 Å². The summed E-state index contributed by atoms with van der Waals surface area (Å²) in [4.78, 5) is 9.96. The third kappa shape index (κ3) is 6.73. The third-order valence-electron chi connectivity index (χ3n) is 7.71. The summed E-state index contributed by atoms with van der Waals surface area (Å²) in [5.74, 6) is 1.72. The number of benzene rings is 2. The molecule has 0 spiro atoms. The van der Waals surface area contributed by atoms with Crippen molar-refractivity contribution in [2.75, 3.05) is 23.9 Å². The fourth-order valence-electron chi connectivity index (χ4n) is 5.57. The van der Waals surface area contributed by atoms with E-state index in [2.05, 4.69) is 138 Å². The normalized spacial score (nSPS) is 12.0. The largest absolute Gasteiger partial charge is 0.494 e. The Morgan fingerprint density at radius 1 is 0.457 bits per heavy atom. The van der Waals surface area contributed by atoms with Crippen LogP contribution in [-0.2, 0) is 0 Å². The number of ether oxygens (including phenoxy) is 2. The van der Waals surface area contributed by atoms with E-state index in [0.717, 1.165) is 91.2 Å². The highest BCUT2D eigenvalue weighted by molar-refractivity contribution is 9.09. The lowest BCUT2D eigenvalue weighted by molar-refractivity contribution is 0.319. The highest BCUT2D eigenvalue weighted by atomic mass is 79.9. The second kappa shape index (κ2) is 13.9. The summed E-state index contributed by atoms with van der Waals surface area (Å²) in [7, 11) is 0. The van der Waals surface area contributed by atoms with E-state index in [0.29, 0.717) is 13.2 Å². The predicted octanol–water partition coefficient (Wildman–Crippen LogP) is 9.91. The van der Waals surface area contributed by atoms with Crippen LogP contribution in [0.25, 0.3) is 57.7 Å². The van der Waals surface area contributed by atoms with Crippen molar-refractivity contribution in [2.24, 2.45) is 0 Å². The summed E-state index contributed by atoms with van der Waals surface area (Å²) in [6, 6.07) is 33.5. The summed E-state index contributed by atoms with van der Waals surface area (Å²) >= 11 is 6.93. The molecule has 46 heavy (non-hydrogen) atoms. The van der Waals surface area contributed by atoms with Gasteiger partial charge in [-0.2, -0.15) is 0 Å². The second-order valence-electron chi connectivity index (χ2n) is 11.0. The maximum Gasteiger partial charge on any atom is 0.119 e. The lowest BCUT2D eigenvalue weighted by atomic mass is 10.2. The molecule has 0 N–H and O–H groups in total. The van der Waals surface area contributed by atoms with Crippen molar-refractivity contribution < 1.29 is 9.47 Å². The van der Waals surface area contributed by atoms with Gasteiger partial charge in [-0.1, -0.05) is 31.9 Å². The van der Waals surface area contributed by atoms with Crippen molar-refractivity contribution >= 4 is 78.2 Å². The van der Waals surface area contributed by atoms with Gasteiger partial charge in [0.15, 0.2) is 0 Å². The van der Waals surface area contributed by atoms with E-state index < -0.39 is 0 Å². The average Bonchev–Trinajstić information content (AvgIpc) is 3.88. The van der Waals surface area contributed by atoms with E-state index in [1.807, 2.05) is 24.3 Å². The fourth-order valence-corrected chi connectivity index (χ4v) is 6.03. The zero-order valence-electron chi connectivity index (χ0n) is 25.2.